The largest absolute Gasteiger partial charge is 0.359 e. The van der Waals surface area contributed by atoms with Crippen molar-refractivity contribution in [2.45, 2.75) is 20.3 Å². The minimum Gasteiger partial charge on any atom is -0.359 e. The highest BCUT2D eigenvalue weighted by Crippen LogP contribution is 2.32. The fourth-order valence-electron chi connectivity index (χ4n) is 4.93. The maximum Gasteiger partial charge on any atom is 0.166 e. The number of fused-ring (bicyclic) bond motifs is 2. The zero-order chi connectivity index (χ0) is 29.2. The van der Waals surface area contributed by atoms with Crippen LogP contribution >= 0.6 is 0 Å². The van der Waals surface area contributed by atoms with Crippen molar-refractivity contribution in [2.75, 3.05) is 0 Å². The average molecular weight is 557 g/mol. The van der Waals surface area contributed by atoms with Crippen LogP contribution in [0.2, 0.25) is 0 Å². The Morgan fingerprint density at radius 1 is 1.12 bits per heavy atom. The number of aryl methyl sites for hydroxylation is 1. The molecule has 0 fully saturated rings. The van der Waals surface area contributed by atoms with Gasteiger partial charge in [-0.1, -0.05) is 49.6 Å². The lowest BCUT2D eigenvalue weighted by atomic mass is 10.0. The third-order valence-corrected chi connectivity index (χ3v) is 6.94. The molecule has 0 aliphatic carbocycles. The Bertz CT molecular complexity index is 2010. The van der Waals surface area contributed by atoms with Gasteiger partial charge in [-0.05, 0) is 60.9 Å². The fraction of sp³-hybridized carbons (Fsp3) is 0.0909. The van der Waals surface area contributed by atoms with Gasteiger partial charge in [-0.2, -0.15) is 5.10 Å². The number of benzene rings is 2. The van der Waals surface area contributed by atoms with Gasteiger partial charge < -0.3 is 10.3 Å². The summed E-state index contributed by atoms with van der Waals surface area (Å²) in [6, 6.07) is 15.3. The first-order valence-electron chi connectivity index (χ1n) is 13.5. The minimum absolute atomic E-state index is 0.232. The van der Waals surface area contributed by atoms with Crippen molar-refractivity contribution in [1.29, 1.82) is 0 Å². The molecule has 6 rings (SSSR count). The summed E-state index contributed by atoms with van der Waals surface area (Å²) in [6.45, 7) is 12.0. The van der Waals surface area contributed by atoms with E-state index in [9.17, 15) is 0 Å². The Morgan fingerprint density at radius 2 is 1.95 bits per heavy atom. The van der Waals surface area contributed by atoms with E-state index in [1.165, 1.54) is 6.07 Å². The molecule has 42 heavy (non-hydrogen) atoms. The molecular weight excluding hydrogens is 527 g/mol. The number of rotatable bonds is 9. The standard InChI is InChI=1S/C33H29FN8/c1-5-23(15-25(6-2)37-20(3)14-22-10-8-7-9-11-22)24-16-26-29(27(34)17-24)40-41-30(26)32-38-28-12-13-35-33(31(28)39-32)42-18-21(4)36-19-42/h5-13,15-19,37H,2-3,14H2,1,4H3,(H,38,39)(H,40,41)/b23-5+,25-15+. The van der Waals surface area contributed by atoms with E-state index >= 15 is 4.39 Å². The maximum absolute atomic E-state index is 15.4. The minimum atomic E-state index is -0.438. The molecule has 0 saturated heterocycles. The summed E-state index contributed by atoms with van der Waals surface area (Å²) in [5.41, 5.74) is 7.36. The molecule has 9 heteroatoms. The Morgan fingerprint density at radius 3 is 2.69 bits per heavy atom. The second kappa shape index (κ2) is 11.1. The molecule has 0 amide bonds. The second-order valence-corrected chi connectivity index (χ2v) is 9.93. The topological polar surface area (TPSA) is 100 Å². The molecule has 6 aromatic rings. The van der Waals surface area contributed by atoms with Crippen LogP contribution in [0.15, 0.2) is 110 Å². The van der Waals surface area contributed by atoms with Crippen LogP contribution in [-0.4, -0.2) is 34.7 Å². The van der Waals surface area contributed by atoms with E-state index in [4.69, 9.17) is 4.98 Å². The summed E-state index contributed by atoms with van der Waals surface area (Å²) in [5.74, 6) is 0.732. The molecule has 4 aromatic heterocycles. The second-order valence-electron chi connectivity index (χ2n) is 9.93. The number of imidazole rings is 2. The van der Waals surface area contributed by atoms with Crippen molar-refractivity contribution in [3.8, 4) is 17.3 Å². The molecule has 0 unspecified atom stereocenters. The first-order chi connectivity index (χ1) is 20.4. The number of nitrogens with one attached hydrogen (secondary N) is 3. The van der Waals surface area contributed by atoms with Crippen LogP contribution in [0.5, 0.6) is 0 Å². The fourth-order valence-corrected chi connectivity index (χ4v) is 4.93. The summed E-state index contributed by atoms with van der Waals surface area (Å²) in [7, 11) is 0. The lowest BCUT2D eigenvalue weighted by Crippen LogP contribution is -2.12. The van der Waals surface area contributed by atoms with Crippen LogP contribution in [0.25, 0.3) is 44.8 Å². The van der Waals surface area contributed by atoms with E-state index in [2.05, 4.69) is 55.8 Å². The van der Waals surface area contributed by atoms with Gasteiger partial charge in [0, 0.05) is 35.6 Å². The van der Waals surface area contributed by atoms with Crippen molar-refractivity contribution < 1.29 is 4.39 Å². The number of hydrogen-bond acceptors (Lipinski definition) is 5. The molecule has 0 saturated carbocycles. The van der Waals surface area contributed by atoms with E-state index in [0.29, 0.717) is 40.2 Å². The van der Waals surface area contributed by atoms with Gasteiger partial charge in [0.2, 0.25) is 0 Å². The van der Waals surface area contributed by atoms with Gasteiger partial charge in [-0.3, -0.25) is 9.67 Å². The van der Waals surface area contributed by atoms with E-state index in [0.717, 1.165) is 33.7 Å². The Balaban J connectivity index is 1.35. The van der Waals surface area contributed by atoms with E-state index in [1.807, 2.05) is 67.1 Å². The number of aromatic amines is 2. The predicted octanol–water partition coefficient (Wildman–Crippen LogP) is 6.95. The van der Waals surface area contributed by atoms with Crippen LogP contribution in [0.1, 0.15) is 23.7 Å². The maximum atomic E-state index is 15.4. The highest BCUT2D eigenvalue weighted by molar-refractivity contribution is 5.96. The molecular formula is C33H29FN8. The normalized spacial score (nSPS) is 12.3. The van der Waals surface area contributed by atoms with Crippen molar-refractivity contribution in [3.63, 3.8) is 0 Å². The quantitative estimate of drug-likeness (QED) is 0.167. The molecule has 0 atom stereocenters. The van der Waals surface area contributed by atoms with Crippen LogP contribution < -0.4 is 5.32 Å². The first-order valence-corrected chi connectivity index (χ1v) is 13.5. The molecule has 0 radical (unpaired) electrons. The van der Waals surface area contributed by atoms with Crippen LogP contribution in [0, 0.1) is 12.7 Å². The van der Waals surface area contributed by atoms with Gasteiger partial charge in [0.05, 0.1) is 11.2 Å². The molecule has 4 heterocycles. The van der Waals surface area contributed by atoms with E-state index in [-0.39, 0.29) is 5.52 Å². The molecule has 0 bridgehead atoms. The van der Waals surface area contributed by atoms with Gasteiger partial charge in [-0.15, -0.1) is 0 Å². The summed E-state index contributed by atoms with van der Waals surface area (Å²) in [6.07, 6.45) is 11.5. The molecule has 2 aromatic carbocycles. The highest BCUT2D eigenvalue weighted by Gasteiger charge is 2.18. The average Bonchev–Trinajstić information content (AvgIpc) is 3.73. The monoisotopic (exact) mass is 556 g/mol. The Kier molecular flexibility index (Phi) is 7.06. The Labute approximate surface area is 242 Å². The van der Waals surface area contributed by atoms with E-state index in [1.54, 1.807) is 18.6 Å². The SMILES string of the molecule is C=C/C(=C\C(=C/C)c1cc(F)c2n[nH]c(-c3nc4c(-n5cnc(C)c5)nccc4[nH]3)c2c1)NC(=C)Cc1ccccc1. The van der Waals surface area contributed by atoms with Gasteiger partial charge in [0.1, 0.15) is 23.1 Å². The molecule has 0 aliphatic rings. The van der Waals surface area contributed by atoms with Crippen molar-refractivity contribution in [3.05, 3.63) is 133 Å². The summed E-state index contributed by atoms with van der Waals surface area (Å²) < 4.78 is 17.2. The zero-order valence-corrected chi connectivity index (χ0v) is 23.3. The molecule has 8 nitrogen and oxygen atoms in total. The Hall–Kier alpha value is -5.57. The number of allylic oxidation sites excluding steroid dienone is 5. The van der Waals surface area contributed by atoms with Gasteiger partial charge in [-0.25, -0.2) is 19.3 Å². The molecule has 208 valence electrons. The molecule has 0 spiro atoms. The van der Waals surface area contributed by atoms with Gasteiger partial charge >= 0.3 is 0 Å². The number of hydrogen-bond donors (Lipinski definition) is 3. The zero-order valence-electron chi connectivity index (χ0n) is 23.3. The third kappa shape index (κ3) is 5.15. The lowest BCUT2D eigenvalue weighted by Gasteiger charge is -2.12. The smallest absolute Gasteiger partial charge is 0.166 e. The van der Waals surface area contributed by atoms with Crippen molar-refractivity contribution >= 4 is 27.5 Å². The van der Waals surface area contributed by atoms with Crippen molar-refractivity contribution in [1.82, 2.24) is 40.0 Å². The summed E-state index contributed by atoms with van der Waals surface area (Å²) in [4.78, 5) is 17.0. The number of pyridine rings is 1. The van der Waals surface area contributed by atoms with Crippen LogP contribution in [-0.2, 0) is 6.42 Å². The van der Waals surface area contributed by atoms with Crippen LogP contribution in [0.3, 0.4) is 0 Å². The third-order valence-electron chi connectivity index (χ3n) is 6.94. The van der Waals surface area contributed by atoms with Gasteiger partial charge in [0.25, 0.3) is 0 Å². The summed E-state index contributed by atoms with van der Waals surface area (Å²) in [5, 5.41) is 11.2. The number of nitrogens with zero attached hydrogens (tertiary/aromatic N) is 5. The number of halogens is 1. The van der Waals surface area contributed by atoms with Gasteiger partial charge in [0.15, 0.2) is 17.5 Å². The molecule has 3 N–H and O–H groups in total. The number of H-pyrrole nitrogens is 2. The van der Waals surface area contributed by atoms with E-state index < -0.39 is 5.82 Å². The number of aromatic nitrogens is 7. The van der Waals surface area contributed by atoms with Crippen LogP contribution in [0.4, 0.5) is 4.39 Å². The highest BCUT2D eigenvalue weighted by atomic mass is 19.1. The predicted molar refractivity (Wildman–Crippen MR) is 165 cm³/mol. The van der Waals surface area contributed by atoms with Crippen molar-refractivity contribution in [2.24, 2.45) is 0 Å². The molecule has 0 aliphatic heterocycles. The first kappa shape index (κ1) is 26.6. The lowest BCUT2D eigenvalue weighted by molar-refractivity contribution is 0.636. The summed E-state index contributed by atoms with van der Waals surface area (Å²) >= 11 is 0.